The van der Waals surface area contributed by atoms with Crippen LogP contribution in [0.1, 0.15) is 52.9 Å². The molecule has 2 atom stereocenters. The van der Waals surface area contributed by atoms with Crippen LogP contribution in [0.4, 0.5) is 0 Å². The van der Waals surface area contributed by atoms with Gasteiger partial charge in [-0.05, 0) is 39.3 Å². The normalized spacial score (nSPS) is 25.3. The molecule has 0 aliphatic heterocycles. The molecule has 2 unspecified atom stereocenters. The Bertz CT molecular complexity index is 209. The summed E-state index contributed by atoms with van der Waals surface area (Å²) in [7, 11) is 0. The summed E-state index contributed by atoms with van der Waals surface area (Å²) < 4.78 is 0. The van der Waals surface area contributed by atoms with Crippen LogP contribution in [0.5, 0.6) is 0 Å². The average molecular weight is 238 g/mol. The minimum absolute atomic E-state index is 0.587. The molecule has 0 amide bonds. The molecule has 1 aliphatic carbocycles. The van der Waals surface area contributed by atoms with Gasteiger partial charge in [0.2, 0.25) is 0 Å². The van der Waals surface area contributed by atoms with Gasteiger partial charge in [0.25, 0.3) is 0 Å². The summed E-state index contributed by atoms with van der Waals surface area (Å²) >= 11 is 0. The molecule has 0 aromatic rings. The van der Waals surface area contributed by atoms with Crippen molar-refractivity contribution >= 4 is 0 Å². The van der Waals surface area contributed by atoms with Crippen LogP contribution in [0.15, 0.2) is 12.2 Å². The summed E-state index contributed by atoms with van der Waals surface area (Å²) in [5.74, 6) is 0. The Kier molecular flexibility index (Phi) is 7.54. The number of allylic oxidation sites excluding steroid dienone is 1. The smallest absolute Gasteiger partial charge is 0.0253 e. The van der Waals surface area contributed by atoms with E-state index in [0.29, 0.717) is 12.1 Å². The second kappa shape index (κ2) is 8.71. The zero-order chi connectivity index (χ0) is 12.5. The molecule has 0 aromatic carbocycles. The monoisotopic (exact) mass is 238 g/mol. The largest absolute Gasteiger partial charge is 0.307 e. The quantitative estimate of drug-likeness (QED) is 0.715. The van der Waals surface area contributed by atoms with E-state index in [0.717, 1.165) is 19.6 Å². The molecule has 0 heterocycles. The van der Waals surface area contributed by atoms with E-state index in [-0.39, 0.29) is 0 Å². The number of nitrogens with zero attached hydrogens (tertiary/aromatic N) is 1. The van der Waals surface area contributed by atoms with E-state index in [9.17, 15) is 0 Å². The van der Waals surface area contributed by atoms with Crippen LogP contribution < -0.4 is 5.32 Å². The minimum atomic E-state index is 0.587. The van der Waals surface area contributed by atoms with E-state index >= 15 is 0 Å². The molecule has 100 valence electrons. The second-order valence-corrected chi connectivity index (χ2v) is 5.23. The van der Waals surface area contributed by atoms with Gasteiger partial charge in [0.15, 0.2) is 0 Å². The molecule has 0 aromatic heterocycles. The zero-order valence-corrected chi connectivity index (χ0v) is 11.9. The zero-order valence-electron chi connectivity index (χ0n) is 11.9. The summed E-state index contributed by atoms with van der Waals surface area (Å²) in [6, 6.07) is 1.19. The van der Waals surface area contributed by atoms with Crippen molar-refractivity contribution in [3.05, 3.63) is 12.2 Å². The van der Waals surface area contributed by atoms with Gasteiger partial charge < -0.3 is 10.2 Å². The molecule has 0 fully saturated rings. The van der Waals surface area contributed by atoms with E-state index in [4.69, 9.17) is 0 Å². The Morgan fingerprint density at radius 2 is 2.00 bits per heavy atom. The van der Waals surface area contributed by atoms with Crippen molar-refractivity contribution in [2.24, 2.45) is 0 Å². The Labute approximate surface area is 107 Å². The highest BCUT2D eigenvalue weighted by Crippen LogP contribution is 2.12. The van der Waals surface area contributed by atoms with Gasteiger partial charge >= 0.3 is 0 Å². The molecule has 0 spiro atoms. The molecule has 17 heavy (non-hydrogen) atoms. The van der Waals surface area contributed by atoms with Gasteiger partial charge in [-0.2, -0.15) is 0 Å². The van der Waals surface area contributed by atoms with Crippen molar-refractivity contribution in [1.29, 1.82) is 0 Å². The highest BCUT2D eigenvalue weighted by molar-refractivity contribution is 4.95. The third-order valence-corrected chi connectivity index (χ3v) is 3.68. The summed E-state index contributed by atoms with van der Waals surface area (Å²) in [5, 5.41) is 3.76. The maximum atomic E-state index is 3.76. The predicted molar refractivity (Wildman–Crippen MR) is 76.4 cm³/mol. The van der Waals surface area contributed by atoms with Crippen LogP contribution in [0.2, 0.25) is 0 Å². The Hall–Kier alpha value is -0.340. The lowest BCUT2D eigenvalue weighted by atomic mass is 10.0. The Morgan fingerprint density at radius 1 is 1.24 bits per heavy atom. The summed E-state index contributed by atoms with van der Waals surface area (Å²) in [4.78, 5) is 2.49. The van der Waals surface area contributed by atoms with Crippen LogP contribution in [-0.2, 0) is 0 Å². The number of rotatable bonds is 6. The van der Waals surface area contributed by atoms with Crippen LogP contribution in [0, 0.1) is 0 Å². The van der Waals surface area contributed by atoms with Gasteiger partial charge in [-0.15, -0.1) is 0 Å². The van der Waals surface area contributed by atoms with E-state index in [1.165, 1.54) is 32.1 Å². The lowest BCUT2D eigenvalue weighted by Crippen LogP contribution is -2.43. The van der Waals surface area contributed by atoms with Gasteiger partial charge in [0, 0.05) is 18.6 Å². The van der Waals surface area contributed by atoms with Gasteiger partial charge in [0.1, 0.15) is 0 Å². The van der Waals surface area contributed by atoms with Crippen molar-refractivity contribution in [3.8, 4) is 0 Å². The average Bonchev–Trinajstić information content (AvgIpc) is 2.29. The van der Waals surface area contributed by atoms with E-state index in [1.54, 1.807) is 0 Å². The van der Waals surface area contributed by atoms with Gasteiger partial charge in [0.05, 0.1) is 0 Å². The fraction of sp³-hybridized carbons (Fsp3) is 0.867. The number of nitrogens with one attached hydrogen (secondary N) is 1. The number of hydrogen-bond acceptors (Lipinski definition) is 2. The highest BCUT2D eigenvalue weighted by Gasteiger charge is 2.12. The van der Waals surface area contributed by atoms with Crippen molar-refractivity contribution < 1.29 is 0 Å². The van der Waals surface area contributed by atoms with Crippen molar-refractivity contribution in [3.63, 3.8) is 0 Å². The second-order valence-electron chi connectivity index (χ2n) is 5.23. The molecule has 1 rings (SSSR count). The minimum Gasteiger partial charge on any atom is -0.307 e. The maximum absolute atomic E-state index is 3.76. The first-order valence-electron chi connectivity index (χ1n) is 7.41. The van der Waals surface area contributed by atoms with Crippen molar-refractivity contribution in [2.75, 3.05) is 19.6 Å². The Balaban J connectivity index is 2.32. The molecular weight excluding hydrogens is 208 g/mol. The van der Waals surface area contributed by atoms with Crippen LogP contribution >= 0.6 is 0 Å². The standard InChI is InChI=1S/C15H30N2/c1-4-17(5-2)13-14(3)16-15-11-9-7-6-8-10-12-15/h9,11,14-16H,4-8,10,12-13H2,1-3H3/b11-9+. The molecule has 0 saturated carbocycles. The molecule has 2 heteroatoms. The van der Waals surface area contributed by atoms with Gasteiger partial charge in [-0.25, -0.2) is 0 Å². The molecule has 0 bridgehead atoms. The topological polar surface area (TPSA) is 15.3 Å². The van der Waals surface area contributed by atoms with E-state index in [2.05, 4.69) is 43.1 Å². The number of likely N-dealkylation sites (N-methyl/N-ethyl adjacent to an activating group) is 1. The third kappa shape index (κ3) is 6.23. The van der Waals surface area contributed by atoms with E-state index < -0.39 is 0 Å². The fourth-order valence-electron chi connectivity index (χ4n) is 2.59. The van der Waals surface area contributed by atoms with Crippen molar-refractivity contribution in [1.82, 2.24) is 10.2 Å². The molecule has 0 saturated heterocycles. The lowest BCUT2D eigenvalue weighted by Gasteiger charge is -2.27. The number of hydrogen-bond donors (Lipinski definition) is 1. The predicted octanol–water partition coefficient (Wildman–Crippen LogP) is 3.20. The van der Waals surface area contributed by atoms with Gasteiger partial charge in [-0.1, -0.05) is 38.8 Å². The summed E-state index contributed by atoms with van der Waals surface area (Å²) in [6.07, 6.45) is 11.5. The SMILES string of the molecule is CCN(CC)CC(C)NC1/C=C/CCCCC1. The van der Waals surface area contributed by atoms with Crippen LogP contribution in [0.3, 0.4) is 0 Å². The van der Waals surface area contributed by atoms with Crippen LogP contribution in [-0.4, -0.2) is 36.6 Å². The molecule has 0 radical (unpaired) electrons. The molecule has 2 nitrogen and oxygen atoms in total. The fourth-order valence-corrected chi connectivity index (χ4v) is 2.59. The summed E-state index contributed by atoms with van der Waals surface area (Å²) in [6.45, 7) is 10.3. The molecular formula is C15H30N2. The first-order chi connectivity index (χ1) is 8.26. The van der Waals surface area contributed by atoms with E-state index in [1.807, 2.05) is 0 Å². The van der Waals surface area contributed by atoms with Crippen molar-refractivity contribution in [2.45, 2.75) is 65.0 Å². The first-order valence-corrected chi connectivity index (χ1v) is 7.41. The lowest BCUT2D eigenvalue weighted by molar-refractivity contribution is 0.264. The molecule has 1 aliphatic rings. The summed E-state index contributed by atoms with van der Waals surface area (Å²) in [5.41, 5.74) is 0. The highest BCUT2D eigenvalue weighted by atomic mass is 15.1. The maximum Gasteiger partial charge on any atom is 0.0253 e. The molecule has 1 N–H and O–H groups in total. The third-order valence-electron chi connectivity index (χ3n) is 3.68. The van der Waals surface area contributed by atoms with Crippen LogP contribution in [0.25, 0.3) is 0 Å². The first kappa shape index (κ1) is 14.7. The Morgan fingerprint density at radius 3 is 2.71 bits per heavy atom. The van der Waals surface area contributed by atoms with Gasteiger partial charge in [-0.3, -0.25) is 0 Å².